The highest BCUT2D eigenvalue weighted by molar-refractivity contribution is 9.10. The lowest BCUT2D eigenvalue weighted by atomic mass is 9.77. The molecule has 0 aliphatic rings. The molecule has 12 aromatic carbocycles. The van der Waals surface area contributed by atoms with E-state index in [9.17, 15) is 10.0 Å². The highest BCUT2D eigenvalue weighted by atomic mass is 79.9. The van der Waals surface area contributed by atoms with Crippen molar-refractivity contribution in [3.05, 3.63) is 308 Å². The van der Waals surface area contributed by atoms with Crippen molar-refractivity contribution in [1.29, 1.82) is 0 Å². The summed E-state index contributed by atoms with van der Waals surface area (Å²) in [6, 6.07) is 101. The molecule has 16 aromatic rings. The minimum atomic E-state index is -1.48. The van der Waals surface area contributed by atoms with Gasteiger partial charge in [0.1, 0.15) is 22.3 Å². The van der Waals surface area contributed by atoms with E-state index in [-0.39, 0.29) is 0 Å². The van der Waals surface area contributed by atoms with Crippen LogP contribution in [0.1, 0.15) is 0 Å². The van der Waals surface area contributed by atoms with Crippen LogP contribution in [0.2, 0.25) is 0 Å². The second-order valence-electron chi connectivity index (χ2n) is 21.3. The van der Waals surface area contributed by atoms with Gasteiger partial charge in [0.25, 0.3) is 0 Å². The molecule has 10 nitrogen and oxygen atoms in total. The summed E-state index contributed by atoms with van der Waals surface area (Å²) in [5.41, 5.74) is 16.2. The Morgan fingerprint density at radius 1 is 0.256 bits per heavy atom. The van der Waals surface area contributed by atoms with Crippen molar-refractivity contribution in [3.8, 4) is 102 Å². The van der Waals surface area contributed by atoms with E-state index in [0.717, 1.165) is 110 Å². The molecule has 0 unspecified atom stereocenters. The number of fused-ring (bicyclic) bond motifs is 6. The number of hydrogen-bond donors (Lipinski definition) is 2. The fourth-order valence-corrected chi connectivity index (χ4v) is 11.5. The Balaban J connectivity index is 0.000000130. The molecule has 0 amide bonds. The molecule has 0 bridgehead atoms. The topological polar surface area (TPSA) is 144 Å². The molecule has 428 valence electrons. The number of furan rings is 2. The van der Waals surface area contributed by atoms with E-state index in [4.69, 9.17) is 38.7 Å². The molecule has 0 atom stereocenters. The maximum absolute atomic E-state index is 9.31. The van der Waals surface area contributed by atoms with Crippen molar-refractivity contribution in [2.45, 2.75) is 0 Å². The molecule has 2 N–H and O–H groups in total. The second kappa shape index (κ2) is 25.6. The van der Waals surface area contributed by atoms with Crippen LogP contribution >= 0.6 is 15.9 Å². The van der Waals surface area contributed by atoms with Crippen LogP contribution in [0, 0.1) is 0 Å². The smallest absolute Gasteiger partial charge is 0.456 e. The zero-order valence-corrected chi connectivity index (χ0v) is 49.8. The highest BCUT2D eigenvalue weighted by Crippen LogP contribution is 2.39. The number of rotatable bonds is 10. The minimum Gasteiger partial charge on any atom is -0.456 e. The Morgan fingerprint density at radius 2 is 0.556 bits per heavy atom. The fourth-order valence-electron chi connectivity index (χ4n) is 11.1. The van der Waals surface area contributed by atoms with E-state index >= 15 is 0 Å². The number of aromatic nitrogens is 6. The first-order chi connectivity index (χ1) is 44.3. The summed E-state index contributed by atoms with van der Waals surface area (Å²) >= 11 is 3.56. The van der Waals surface area contributed by atoms with Gasteiger partial charge < -0.3 is 18.9 Å². The zero-order valence-electron chi connectivity index (χ0n) is 48.2. The van der Waals surface area contributed by atoms with E-state index in [1.54, 1.807) is 12.1 Å². The van der Waals surface area contributed by atoms with Gasteiger partial charge in [-0.05, 0) is 93.4 Å². The van der Waals surface area contributed by atoms with Gasteiger partial charge in [-0.3, -0.25) is 0 Å². The summed E-state index contributed by atoms with van der Waals surface area (Å²) in [5.74, 6) is 3.93. The fraction of sp³-hybridized carbons (Fsp3) is 0. The Labute approximate surface area is 527 Å². The van der Waals surface area contributed by atoms with E-state index in [2.05, 4.69) is 113 Å². The Kier molecular flexibility index (Phi) is 16.1. The lowest BCUT2D eigenvalue weighted by Gasteiger charge is -2.11. The van der Waals surface area contributed by atoms with Crippen LogP contribution in [0.5, 0.6) is 0 Å². The molecule has 4 aromatic heterocycles. The number of para-hydroxylation sites is 2. The number of nitrogens with zero attached hydrogens (tertiary/aromatic N) is 6. The first-order valence-corrected chi connectivity index (χ1v) is 30.1. The molecule has 12 heteroatoms. The Hall–Kier alpha value is -11.3. The van der Waals surface area contributed by atoms with Crippen LogP contribution in [0.3, 0.4) is 0 Å². The standard InChI is InChI=1S/C39H25N3O.C27H18BrN3.C12H9BO3/c1-3-12-26(13-4-1)37-40-38(27-14-5-2-6-15-27)42-39(41-37)31-19-10-17-29(25-31)28-16-9-18-30(24-28)32-21-11-23-35-36(32)33-20-7-8-22-34(33)43-35;28-24-16-8-14-22(18-24)21-13-7-15-23(17-21)27-30-25(19-9-3-1-4-10-19)29-26(31-27)20-11-5-2-6-12-20;14-13(15)9-5-3-7-11-12(9)8-4-1-2-6-10(8)16-11/h1-25H;1-18H;1-7,14-15H. The molecule has 0 fully saturated rings. The van der Waals surface area contributed by atoms with Crippen molar-refractivity contribution in [3.63, 3.8) is 0 Å². The number of halogens is 1. The van der Waals surface area contributed by atoms with Crippen LogP contribution in [0.4, 0.5) is 0 Å². The van der Waals surface area contributed by atoms with Gasteiger partial charge in [-0.1, -0.05) is 265 Å². The van der Waals surface area contributed by atoms with Crippen molar-refractivity contribution < 1.29 is 18.9 Å². The third-order valence-corrected chi connectivity index (χ3v) is 15.9. The molecule has 0 aliphatic heterocycles. The molecular formula is C78H52BBrN6O4. The van der Waals surface area contributed by atoms with E-state index < -0.39 is 7.12 Å². The lowest BCUT2D eigenvalue weighted by molar-refractivity contribution is 0.426. The summed E-state index contributed by atoms with van der Waals surface area (Å²) in [7, 11) is -1.48. The van der Waals surface area contributed by atoms with E-state index in [0.29, 0.717) is 46.0 Å². The van der Waals surface area contributed by atoms with Crippen LogP contribution in [-0.4, -0.2) is 47.1 Å². The monoisotopic (exact) mass is 1230 g/mol. The van der Waals surface area contributed by atoms with Gasteiger partial charge in [0.05, 0.1) is 0 Å². The lowest BCUT2D eigenvalue weighted by Crippen LogP contribution is -2.30. The van der Waals surface area contributed by atoms with Crippen LogP contribution < -0.4 is 5.46 Å². The first-order valence-electron chi connectivity index (χ1n) is 29.3. The predicted octanol–water partition coefficient (Wildman–Crippen LogP) is 18.7. The molecule has 16 rings (SSSR count). The molecule has 0 aliphatic carbocycles. The van der Waals surface area contributed by atoms with Crippen molar-refractivity contribution in [2.75, 3.05) is 0 Å². The maximum Gasteiger partial charge on any atom is 0.489 e. The maximum atomic E-state index is 9.31. The zero-order chi connectivity index (χ0) is 60.8. The highest BCUT2D eigenvalue weighted by Gasteiger charge is 2.20. The molecule has 0 radical (unpaired) electrons. The molecule has 4 heterocycles. The van der Waals surface area contributed by atoms with Gasteiger partial charge in [-0.15, -0.1) is 0 Å². The van der Waals surface area contributed by atoms with Gasteiger partial charge in [0.2, 0.25) is 0 Å². The van der Waals surface area contributed by atoms with Gasteiger partial charge >= 0.3 is 7.12 Å². The van der Waals surface area contributed by atoms with Gasteiger partial charge in [-0.2, -0.15) is 0 Å². The predicted molar refractivity (Wildman–Crippen MR) is 367 cm³/mol. The summed E-state index contributed by atoms with van der Waals surface area (Å²) in [4.78, 5) is 29.1. The number of benzene rings is 12. The number of hydrogen-bond acceptors (Lipinski definition) is 10. The molecule has 0 saturated heterocycles. The summed E-state index contributed by atoms with van der Waals surface area (Å²) in [5, 5.41) is 22.6. The first kappa shape index (κ1) is 56.5. The second-order valence-corrected chi connectivity index (χ2v) is 22.2. The SMILES string of the molecule is Brc1cccc(-c2cccc(-c3nc(-c4ccccc4)nc(-c4ccccc4)n3)c2)c1.OB(O)c1cccc2oc3ccccc3c12.c1ccc(-c2nc(-c3ccccc3)nc(-c3cccc(-c4cccc(-c5cccc6oc7ccccc7c56)c4)c3)n2)cc1. The molecule has 90 heavy (non-hydrogen) atoms. The van der Waals surface area contributed by atoms with Gasteiger partial charge in [0.15, 0.2) is 34.9 Å². The Bertz CT molecular complexity index is 5090. The van der Waals surface area contributed by atoms with Crippen LogP contribution in [0.15, 0.2) is 317 Å². The summed E-state index contributed by atoms with van der Waals surface area (Å²) in [6.45, 7) is 0. The third-order valence-electron chi connectivity index (χ3n) is 15.4. The van der Waals surface area contributed by atoms with Crippen LogP contribution in [-0.2, 0) is 0 Å². The average Bonchev–Trinajstić information content (AvgIpc) is 2.42. The average molecular weight is 1230 g/mol. The largest absolute Gasteiger partial charge is 0.489 e. The normalized spacial score (nSPS) is 11.1. The van der Waals surface area contributed by atoms with Crippen molar-refractivity contribution in [2.24, 2.45) is 0 Å². The quantitative estimate of drug-likeness (QED) is 0.127. The van der Waals surface area contributed by atoms with Crippen LogP contribution in [0.25, 0.3) is 146 Å². The summed E-state index contributed by atoms with van der Waals surface area (Å²) < 4.78 is 12.8. The molecule has 0 saturated carbocycles. The molecular weight excluding hydrogens is 1180 g/mol. The van der Waals surface area contributed by atoms with E-state index in [1.165, 1.54) is 0 Å². The molecule has 0 spiro atoms. The summed E-state index contributed by atoms with van der Waals surface area (Å²) in [6.07, 6.45) is 0. The van der Waals surface area contributed by atoms with Crippen molar-refractivity contribution in [1.82, 2.24) is 29.9 Å². The van der Waals surface area contributed by atoms with Gasteiger partial charge in [0, 0.05) is 59.4 Å². The third kappa shape index (κ3) is 12.1. The van der Waals surface area contributed by atoms with Gasteiger partial charge in [-0.25, -0.2) is 29.9 Å². The van der Waals surface area contributed by atoms with E-state index in [1.807, 2.05) is 194 Å². The minimum absolute atomic E-state index is 0.474. The Morgan fingerprint density at radius 3 is 0.989 bits per heavy atom. The van der Waals surface area contributed by atoms with Crippen molar-refractivity contribution >= 4 is 72.4 Å².